The Bertz CT molecular complexity index is 908. The van der Waals surface area contributed by atoms with E-state index in [4.69, 9.17) is 0 Å². The number of thiophene rings is 1. The van der Waals surface area contributed by atoms with E-state index in [9.17, 15) is 14.0 Å². The van der Waals surface area contributed by atoms with Crippen molar-refractivity contribution in [3.63, 3.8) is 0 Å². The number of hydrogen-bond acceptors (Lipinski definition) is 4. The van der Waals surface area contributed by atoms with Crippen molar-refractivity contribution in [3.8, 4) is 0 Å². The number of carbonyl (C=O) groups is 2. The van der Waals surface area contributed by atoms with E-state index in [1.54, 1.807) is 47.4 Å². The summed E-state index contributed by atoms with van der Waals surface area (Å²) in [4.78, 5) is 26.5. The first-order valence-electron chi connectivity index (χ1n) is 8.43. The van der Waals surface area contributed by atoms with E-state index in [0.717, 1.165) is 11.5 Å². The lowest BCUT2D eigenvalue weighted by atomic mass is 9.98. The van der Waals surface area contributed by atoms with Gasteiger partial charge in [0.05, 0.1) is 5.56 Å². The van der Waals surface area contributed by atoms with Gasteiger partial charge in [-0.1, -0.05) is 24.3 Å². The molecule has 6 heteroatoms. The summed E-state index contributed by atoms with van der Waals surface area (Å²) in [5.41, 5.74) is 0.992. The van der Waals surface area contributed by atoms with E-state index in [-0.39, 0.29) is 11.7 Å². The van der Waals surface area contributed by atoms with Gasteiger partial charge in [0.25, 0.3) is 5.91 Å². The number of carbonyl (C=O) groups excluding carboxylic acids is 2. The normalized spacial score (nSPS) is 10.6. The molecule has 0 aliphatic heterocycles. The Morgan fingerprint density at radius 2 is 1.70 bits per heavy atom. The molecule has 3 nitrogen and oxygen atoms in total. The quantitative estimate of drug-likeness (QED) is 0.438. The predicted octanol–water partition coefficient (Wildman–Crippen LogP) is 4.78. The average Bonchev–Trinajstić information content (AvgIpc) is 3.21. The molecule has 0 saturated carbocycles. The number of halogens is 1. The van der Waals surface area contributed by atoms with Crippen LogP contribution in [-0.2, 0) is 5.75 Å². The first-order chi connectivity index (χ1) is 13.1. The zero-order chi connectivity index (χ0) is 19.1. The monoisotopic (exact) mass is 399 g/mol. The summed E-state index contributed by atoms with van der Waals surface area (Å²) in [6.45, 7) is 0.522. The number of thioether (sulfide) groups is 1. The topological polar surface area (TPSA) is 46.2 Å². The van der Waals surface area contributed by atoms with Crippen LogP contribution in [0.5, 0.6) is 0 Å². The molecule has 1 N–H and O–H groups in total. The molecule has 1 aromatic heterocycles. The molecular weight excluding hydrogens is 381 g/mol. The second-order valence-electron chi connectivity index (χ2n) is 5.77. The lowest BCUT2D eigenvalue weighted by molar-refractivity contribution is 0.0944. The van der Waals surface area contributed by atoms with Gasteiger partial charge >= 0.3 is 0 Å². The molecule has 3 rings (SSSR count). The predicted molar refractivity (Wildman–Crippen MR) is 109 cm³/mol. The molecule has 0 fully saturated rings. The molecule has 0 spiro atoms. The molecule has 27 heavy (non-hydrogen) atoms. The second kappa shape index (κ2) is 9.48. The Morgan fingerprint density at radius 1 is 0.963 bits per heavy atom. The fraction of sp³-hybridized carbons (Fsp3) is 0.143. The van der Waals surface area contributed by atoms with E-state index >= 15 is 0 Å². The van der Waals surface area contributed by atoms with Crippen LogP contribution < -0.4 is 5.32 Å². The highest BCUT2D eigenvalue weighted by atomic mass is 32.2. The minimum Gasteiger partial charge on any atom is -0.351 e. The van der Waals surface area contributed by atoms with Crippen molar-refractivity contribution in [2.24, 2.45) is 0 Å². The molecule has 0 saturated heterocycles. The Labute approximate surface area is 165 Å². The van der Waals surface area contributed by atoms with Gasteiger partial charge < -0.3 is 5.32 Å². The third-order valence-electron chi connectivity index (χ3n) is 3.88. The summed E-state index contributed by atoms with van der Waals surface area (Å²) >= 11 is 3.47. The third kappa shape index (κ3) is 5.28. The summed E-state index contributed by atoms with van der Waals surface area (Å²) in [5.74, 6) is 0.730. The number of nitrogens with one attached hydrogen (secondary N) is 1. The van der Waals surface area contributed by atoms with Crippen molar-refractivity contribution in [1.82, 2.24) is 5.32 Å². The van der Waals surface area contributed by atoms with Crippen LogP contribution >= 0.6 is 23.1 Å². The average molecular weight is 400 g/mol. The van der Waals surface area contributed by atoms with Crippen molar-refractivity contribution in [2.45, 2.75) is 5.75 Å². The van der Waals surface area contributed by atoms with Gasteiger partial charge in [0, 0.05) is 34.1 Å². The van der Waals surface area contributed by atoms with Crippen LogP contribution in [0.2, 0.25) is 0 Å². The van der Waals surface area contributed by atoms with Gasteiger partial charge in [-0.25, -0.2) is 4.39 Å². The summed E-state index contributed by atoms with van der Waals surface area (Å²) in [6.07, 6.45) is 0. The molecular formula is C21H18FNO2S2. The van der Waals surface area contributed by atoms with Crippen LogP contribution in [0.1, 0.15) is 31.2 Å². The minimum absolute atomic E-state index is 0.280. The lowest BCUT2D eigenvalue weighted by Crippen LogP contribution is -2.27. The van der Waals surface area contributed by atoms with E-state index in [0.29, 0.717) is 23.2 Å². The molecule has 3 aromatic rings. The van der Waals surface area contributed by atoms with Gasteiger partial charge in [-0.05, 0) is 41.8 Å². The largest absolute Gasteiger partial charge is 0.351 e. The maximum Gasteiger partial charge on any atom is 0.252 e. The van der Waals surface area contributed by atoms with Gasteiger partial charge in [-0.15, -0.1) is 11.3 Å². The van der Waals surface area contributed by atoms with E-state index in [2.05, 4.69) is 11.4 Å². The Kier molecular flexibility index (Phi) is 6.79. The Morgan fingerprint density at radius 3 is 2.41 bits per heavy atom. The Balaban J connectivity index is 1.60. The van der Waals surface area contributed by atoms with Crippen LogP contribution in [-0.4, -0.2) is 24.0 Å². The molecule has 0 bridgehead atoms. The third-order valence-corrected chi connectivity index (χ3v) is 5.95. The number of amides is 1. The smallest absolute Gasteiger partial charge is 0.252 e. The number of benzene rings is 2. The number of ketones is 1. The van der Waals surface area contributed by atoms with Gasteiger partial charge in [0.15, 0.2) is 5.78 Å². The molecule has 0 atom stereocenters. The van der Waals surface area contributed by atoms with Crippen LogP contribution in [0.25, 0.3) is 0 Å². The molecule has 0 radical (unpaired) electrons. The lowest BCUT2D eigenvalue weighted by Gasteiger charge is -2.10. The maximum atomic E-state index is 13.1. The molecule has 0 unspecified atom stereocenters. The molecule has 1 amide bonds. The first kappa shape index (κ1) is 19.3. The zero-order valence-corrected chi connectivity index (χ0v) is 16.1. The summed E-state index contributed by atoms with van der Waals surface area (Å²) in [5, 5.41) is 4.91. The molecule has 1 heterocycles. The van der Waals surface area contributed by atoms with E-state index in [1.807, 2.05) is 11.4 Å². The van der Waals surface area contributed by atoms with Gasteiger partial charge in [-0.3, -0.25) is 9.59 Å². The molecule has 138 valence electrons. The summed E-state index contributed by atoms with van der Waals surface area (Å²) in [7, 11) is 0. The standard InChI is InChI=1S/C21H18FNO2S2/c22-16-9-7-15(8-10-16)20(24)18-5-1-2-6-19(18)21(25)23-11-13-26-14-17-4-3-12-27-17/h1-10,12H,11,13-14H2,(H,23,25). The highest BCUT2D eigenvalue weighted by molar-refractivity contribution is 7.98. The first-order valence-corrected chi connectivity index (χ1v) is 10.5. The van der Waals surface area contributed by atoms with Crippen molar-refractivity contribution in [3.05, 3.63) is 93.4 Å². The van der Waals surface area contributed by atoms with Crippen LogP contribution in [0.3, 0.4) is 0 Å². The number of rotatable bonds is 8. The van der Waals surface area contributed by atoms with Crippen molar-refractivity contribution < 1.29 is 14.0 Å². The van der Waals surface area contributed by atoms with Crippen LogP contribution in [0.15, 0.2) is 66.0 Å². The summed E-state index contributed by atoms with van der Waals surface area (Å²) in [6, 6.07) is 16.1. The summed E-state index contributed by atoms with van der Waals surface area (Å²) < 4.78 is 13.1. The highest BCUT2D eigenvalue weighted by Gasteiger charge is 2.17. The minimum atomic E-state index is -0.405. The fourth-order valence-corrected chi connectivity index (χ4v) is 4.23. The Hall–Kier alpha value is -2.44. The molecule has 2 aromatic carbocycles. The van der Waals surface area contributed by atoms with E-state index < -0.39 is 5.82 Å². The number of hydrogen-bond donors (Lipinski definition) is 1. The van der Waals surface area contributed by atoms with Gasteiger partial charge in [0.1, 0.15) is 5.82 Å². The fourth-order valence-electron chi connectivity index (χ4n) is 2.54. The van der Waals surface area contributed by atoms with Gasteiger partial charge in [0.2, 0.25) is 0 Å². The van der Waals surface area contributed by atoms with E-state index in [1.165, 1.54) is 29.1 Å². The zero-order valence-electron chi connectivity index (χ0n) is 14.5. The van der Waals surface area contributed by atoms with Crippen molar-refractivity contribution in [2.75, 3.05) is 12.3 Å². The second-order valence-corrected chi connectivity index (χ2v) is 7.91. The SMILES string of the molecule is O=C(NCCSCc1cccs1)c1ccccc1C(=O)c1ccc(F)cc1. The van der Waals surface area contributed by atoms with Crippen LogP contribution in [0.4, 0.5) is 4.39 Å². The van der Waals surface area contributed by atoms with Crippen LogP contribution in [0, 0.1) is 5.82 Å². The van der Waals surface area contributed by atoms with Crippen molar-refractivity contribution in [1.29, 1.82) is 0 Å². The maximum absolute atomic E-state index is 13.1. The molecule has 0 aliphatic rings. The highest BCUT2D eigenvalue weighted by Crippen LogP contribution is 2.17. The van der Waals surface area contributed by atoms with Gasteiger partial charge in [-0.2, -0.15) is 11.8 Å². The van der Waals surface area contributed by atoms with Crippen molar-refractivity contribution >= 4 is 34.8 Å². The molecule has 0 aliphatic carbocycles.